The maximum Gasteiger partial charge on any atom is 0.243 e. The van der Waals surface area contributed by atoms with Gasteiger partial charge in [0.25, 0.3) is 0 Å². The smallest absolute Gasteiger partial charge is 0.243 e. The van der Waals surface area contributed by atoms with E-state index in [-0.39, 0.29) is 17.3 Å². The first kappa shape index (κ1) is 19.4. The molecule has 1 amide bonds. The van der Waals surface area contributed by atoms with E-state index in [1.807, 2.05) is 35.0 Å². The number of amides is 1. The van der Waals surface area contributed by atoms with Crippen LogP contribution in [0.25, 0.3) is 5.65 Å². The minimum Gasteiger partial charge on any atom is -0.497 e. The van der Waals surface area contributed by atoms with Crippen molar-refractivity contribution >= 4 is 21.6 Å². The van der Waals surface area contributed by atoms with Crippen LogP contribution < -0.4 is 10.1 Å². The minimum atomic E-state index is -3.76. The highest BCUT2D eigenvalue weighted by molar-refractivity contribution is 7.89. The number of hydrogen-bond donors (Lipinski definition) is 1. The van der Waals surface area contributed by atoms with Gasteiger partial charge in [-0.1, -0.05) is 6.07 Å². The molecule has 1 unspecified atom stereocenters. The van der Waals surface area contributed by atoms with Gasteiger partial charge < -0.3 is 14.5 Å². The molecule has 0 aliphatic carbocycles. The van der Waals surface area contributed by atoms with Crippen LogP contribution >= 0.6 is 0 Å². The van der Waals surface area contributed by atoms with Crippen molar-refractivity contribution in [2.24, 2.45) is 0 Å². The van der Waals surface area contributed by atoms with E-state index in [0.717, 1.165) is 5.65 Å². The SMILES string of the molecule is COc1ccc(S(=O)(=O)N2CCCC2C(=O)NCc2cn3ccccc3n2)cc1. The number of methoxy groups -OCH3 is 1. The normalized spacial score (nSPS) is 17.5. The van der Waals surface area contributed by atoms with Crippen molar-refractivity contribution in [2.45, 2.75) is 30.3 Å². The molecule has 8 nitrogen and oxygen atoms in total. The first-order chi connectivity index (χ1) is 14.0. The maximum absolute atomic E-state index is 13.0. The Morgan fingerprint density at radius 3 is 2.76 bits per heavy atom. The lowest BCUT2D eigenvalue weighted by atomic mass is 10.2. The molecule has 2 aromatic heterocycles. The lowest BCUT2D eigenvalue weighted by Gasteiger charge is -2.23. The van der Waals surface area contributed by atoms with Crippen molar-refractivity contribution in [3.05, 3.63) is 60.6 Å². The van der Waals surface area contributed by atoms with E-state index in [1.54, 1.807) is 12.1 Å². The number of sulfonamides is 1. The third-order valence-electron chi connectivity index (χ3n) is 5.03. The van der Waals surface area contributed by atoms with Crippen molar-refractivity contribution in [3.8, 4) is 5.75 Å². The Balaban J connectivity index is 1.47. The number of carbonyl (C=O) groups excluding carboxylic acids is 1. The molecule has 3 aromatic rings. The highest BCUT2D eigenvalue weighted by Crippen LogP contribution is 2.27. The molecule has 0 radical (unpaired) electrons. The molecule has 9 heteroatoms. The van der Waals surface area contributed by atoms with Gasteiger partial charge in [-0.05, 0) is 49.2 Å². The zero-order valence-electron chi connectivity index (χ0n) is 16.0. The van der Waals surface area contributed by atoms with E-state index in [4.69, 9.17) is 4.74 Å². The molecule has 29 heavy (non-hydrogen) atoms. The van der Waals surface area contributed by atoms with Crippen molar-refractivity contribution in [2.75, 3.05) is 13.7 Å². The summed E-state index contributed by atoms with van der Waals surface area (Å²) >= 11 is 0. The van der Waals surface area contributed by atoms with Crippen LogP contribution in [0.3, 0.4) is 0 Å². The second-order valence-electron chi connectivity index (χ2n) is 6.87. The maximum atomic E-state index is 13.0. The molecule has 4 rings (SSSR count). The highest BCUT2D eigenvalue weighted by atomic mass is 32.2. The van der Waals surface area contributed by atoms with E-state index in [0.29, 0.717) is 30.8 Å². The minimum absolute atomic E-state index is 0.151. The van der Waals surface area contributed by atoms with Crippen LogP contribution in [0.5, 0.6) is 5.75 Å². The van der Waals surface area contributed by atoms with Crippen molar-refractivity contribution < 1.29 is 17.9 Å². The Morgan fingerprint density at radius 2 is 2.03 bits per heavy atom. The Hall–Kier alpha value is -2.91. The summed E-state index contributed by atoms with van der Waals surface area (Å²) in [5.41, 5.74) is 1.51. The van der Waals surface area contributed by atoms with E-state index in [2.05, 4.69) is 10.3 Å². The number of carbonyl (C=O) groups is 1. The molecule has 1 N–H and O–H groups in total. The molecule has 1 aliphatic heterocycles. The van der Waals surface area contributed by atoms with E-state index in [9.17, 15) is 13.2 Å². The molecule has 1 atom stereocenters. The van der Waals surface area contributed by atoms with Gasteiger partial charge >= 0.3 is 0 Å². The van der Waals surface area contributed by atoms with Gasteiger partial charge in [0.05, 0.1) is 24.2 Å². The quantitative estimate of drug-likeness (QED) is 0.664. The Bertz CT molecular complexity index is 1090. The number of rotatable bonds is 6. The Labute approximate surface area is 169 Å². The lowest BCUT2D eigenvalue weighted by molar-refractivity contribution is -0.124. The first-order valence-electron chi connectivity index (χ1n) is 9.35. The fraction of sp³-hybridized carbons (Fsp3) is 0.300. The number of pyridine rings is 1. The molecule has 0 spiro atoms. The average molecular weight is 414 g/mol. The molecule has 1 aliphatic rings. The van der Waals surface area contributed by atoms with Gasteiger partial charge in [-0.15, -0.1) is 0 Å². The number of benzene rings is 1. The molecule has 152 valence electrons. The summed E-state index contributed by atoms with van der Waals surface area (Å²) in [7, 11) is -2.24. The van der Waals surface area contributed by atoms with E-state index < -0.39 is 16.1 Å². The van der Waals surface area contributed by atoms with Crippen LogP contribution in [0.2, 0.25) is 0 Å². The lowest BCUT2D eigenvalue weighted by Crippen LogP contribution is -2.45. The molecule has 0 saturated carbocycles. The van der Waals surface area contributed by atoms with Crippen molar-refractivity contribution in [3.63, 3.8) is 0 Å². The van der Waals surface area contributed by atoms with Crippen LogP contribution in [0.1, 0.15) is 18.5 Å². The van der Waals surface area contributed by atoms with Gasteiger partial charge in [0.2, 0.25) is 15.9 Å². The third-order valence-corrected chi connectivity index (χ3v) is 6.95. The van der Waals surface area contributed by atoms with Gasteiger partial charge in [0.1, 0.15) is 17.4 Å². The largest absolute Gasteiger partial charge is 0.497 e. The Morgan fingerprint density at radius 1 is 1.24 bits per heavy atom. The number of ether oxygens (including phenoxy) is 1. The summed E-state index contributed by atoms with van der Waals surface area (Å²) in [6.07, 6.45) is 4.86. The average Bonchev–Trinajstić information content (AvgIpc) is 3.39. The standard InChI is InChI=1S/C20H22N4O4S/c1-28-16-7-9-17(10-8-16)29(26,27)24-12-4-5-18(24)20(25)21-13-15-14-23-11-3-2-6-19(23)22-15/h2-3,6-11,14,18H,4-5,12-13H2,1H3,(H,21,25). The molecule has 0 bridgehead atoms. The summed E-state index contributed by atoms with van der Waals surface area (Å²) in [5.74, 6) is 0.267. The fourth-order valence-corrected chi connectivity index (χ4v) is 5.20. The molecular weight excluding hydrogens is 392 g/mol. The van der Waals surface area contributed by atoms with Gasteiger partial charge in [-0.25, -0.2) is 13.4 Å². The number of hydrogen-bond acceptors (Lipinski definition) is 5. The second-order valence-corrected chi connectivity index (χ2v) is 8.76. The van der Waals surface area contributed by atoms with Crippen LogP contribution in [0, 0.1) is 0 Å². The monoisotopic (exact) mass is 414 g/mol. The Kier molecular flexibility index (Phi) is 5.25. The van der Waals surface area contributed by atoms with Crippen molar-refractivity contribution in [1.29, 1.82) is 0 Å². The van der Waals surface area contributed by atoms with Crippen molar-refractivity contribution in [1.82, 2.24) is 19.0 Å². The van der Waals surface area contributed by atoms with Crippen LogP contribution in [-0.4, -0.2) is 47.7 Å². The van der Waals surface area contributed by atoms with Gasteiger partial charge in [-0.2, -0.15) is 4.31 Å². The fourth-order valence-electron chi connectivity index (χ4n) is 3.54. The van der Waals surface area contributed by atoms with Crippen LogP contribution in [-0.2, 0) is 21.4 Å². The number of fused-ring (bicyclic) bond motifs is 1. The van der Waals surface area contributed by atoms with Crippen LogP contribution in [0.4, 0.5) is 0 Å². The summed E-state index contributed by atoms with van der Waals surface area (Å²) in [6.45, 7) is 0.564. The predicted molar refractivity (Wildman–Crippen MR) is 107 cm³/mol. The number of nitrogens with zero attached hydrogens (tertiary/aromatic N) is 3. The number of aromatic nitrogens is 2. The third kappa shape index (κ3) is 3.83. The van der Waals surface area contributed by atoms with Gasteiger partial charge in [0.15, 0.2) is 0 Å². The van der Waals surface area contributed by atoms with Gasteiger partial charge in [0, 0.05) is 18.9 Å². The number of nitrogens with one attached hydrogen (secondary N) is 1. The molecular formula is C20H22N4O4S. The molecule has 1 aromatic carbocycles. The summed E-state index contributed by atoms with van der Waals surface area (Å²) < 4.78 is 34.3. The molecule has 1 saturated heterocycles. The van der Waals surface area contributed by atoms with Crippen LogP contribution in [0.15, 0.2) is 59.8 Å². The summed E-state index contributed by atoms with van der Waals surface area (Å²) in [4.78, 5) is 17.3. The predicted octanol–water partition coefficient (Wildman–Crippen LogP) is 1.81. The second kappa shape index (κ2) is 7.84. The molecule has 3 heterocycles. The van der Waals surface area contributed by atoms with Gasteiger partial charge in [-0.3, -0.25) is 4.79 Å². The van der Waals surface area contributed by atoms with E-state index >= 15 is 0 Å². The first-order valence-corrected chi connectivity index (χ1v) is 10.8. The molecule has 1 fully saturated rings. The number of imidazole rings is 1. The zero-order valence-corrected chi connectivity index (χ0v) is 16.8. The summed E-state index contributed by atoms with van der Waals surface area (Å²) in [6, 6.07) is 11.1. The highest BCUT2D eigenvalue weighted by Gasteiger charge is 2.39. The topological polar surface area (TPSA) is 93.0 Å². The van der Waals surface area contributed by atoms with E-state index in [1.165, 1.54) is 23.5 Å². The zero-order chi connectivity index (χ0) is 20.4. The summed E-state index contributed by atoms with van der Waals surface area (Å²) in [5, 5.41) is 2.83.